The molecule has 0 bridgehead atoms. The SMILES string of the molecule is C=C(C)CC(C)(C)C(C)(C)P. The summed E-state index contributed by atoms with van der Waals surface area (Å²) in [5.74, 6) is 0. The summed E-state index contributed by atoms with van der Waals surface area (Å²) in [6.07, 6.45) is 1.10. The molecule has 0 aliphatic rings. The zero-order chi connectivity index (χ0) is 9.28. The second-order valence-corrected chi connectivity index (χ2v) is 6.18. The van der Waals surface area contributed by atoms with Gasteiger partial charge in [-0.15, -0.1) is 15.8 Å². The van der Waals surface area contributed by atoms with Crippen molar-refractivity contribution in [2.45, 2.75) is 46.2 Å². The van der Waals surface area contributed by atoms with E-state index in [9.17, 15) is 0 Å². The number of hydrogen-bond acceptors (Lipinski definition) is 0. The monoisotopic (exact) mass is 172 g/mol. The van der Waals surface area contributed by atoms with Crippen molar-refractivity contribution < 1.29 is 0 Å². The van der Waals surface area contributed by atoms with Gasteiger partial charge in [0.05, 0.1) is 0 Å². The Morgan fingerprint density at radius 2 is 1.64 bits per heavy atom. The van der Waals surface area contributed by atoms with Crippen molar-refractivity contribution in [3.8, 4) is 0 Å². The molecule has 0 aliphatic carbocycles. The van der Waals surface area contributed by atoms with Crippen molar-refractivity contribution in [2.24, 2.45) is 5.41 Å². The fraction of sp³-hybridized carbons (Fsp3) is 0.800. The summed E-state index contributed by atoms with van der Waals surface area (Å²) in [6, 6.07) is 0. The fourth-order valence-corrected chi connectivity index (χ4v) is 1.08. The van der Waals surface area contributed by atoms with Crippen LogP contribution >= 0.6 is 9.24 Å². The van der Waals surface area contributed by atoms with Crippen molar-refractivity contribution in [2.75, 3.05) is 0 Å². The quantitative estimate of drug-likeness (QED) is 0.450. The highest BCUT2D eigenvalue weighted by Gasteiger charge is 2.32. The second-order valence-electron chi connectivity index (χ2n) is 4.74. The van der Waals surface area contributed by atoms with Gasteiger partial charge in [-0.05, 0) is 23.9 Å². The van der Waals surface area contributed by atoms with E-state index in [1.807, 2.05) is 0 Å². The molecule has 0 saturated carbocycles. The minimum atomic E-state index is 0.284. The molecule has 0 nitrogen and oxygen atoms in total. The maximum Gasteiger partial charge on any atom is -0.0152 e. The first-order chi connectivity index (χ1) is 4.67. The Kier molecular flexibility index (Phi) is 3.32. The van der Waals surface area contributed by atoms with Gasteiger partial charge in [0.1, 0.15) is 0 Å². The van der Waals surface area contributed by atoms with Gasteiger partial charge in [-0.25, -0.2) is 0 Å². The van der Waals surface area contributed by atoms with Crippen LogP contribution < -0.4 is 0 Å². The molecule has 1 heteroatoms. The first-order valence-corrected chi connectivity index (χ1v) is 4.68. The third-order valence-corrected chi connectivity index (χ3v) is 3.27. The van der Waals surface area contributed by atoms with Crippen molar-refractivity contribution >= 4 is 9.24 Å². The van der Waals surface area contributed by atoms with Crippen molar-refractivity contribution in [1.82, 2.24) is 0 Å². The molecule has 0 spiro atoms. The van der Waals surface area contributed by atoms with E-state index in [0.717, 1.165) is 6.42 Å². The van der Waals surface area contributed by atoms with Crippen LogP contribution in [0, 0.1) is 5.41 Å². The summed E-state index contributed by atoms with van der Waals surface area (Å²) in [5.41, 5.74) is 1.59. The topological polar surface area (TPSA) is 0 Å². The molecule has 11 heavy (non-hydrogen) atoms. The Bertz CT molecular complexity index is 149. The summed E-state index contributed by atoms with van der Waals surface area (Å²) in [4.78, 5) is 0. The highest BCUT2D eigenvalue weighted by molar-refractivity contribution is 7.18. The van der Waals surface area contributed by atoms with E-state index >= 15 is 0 Å². The first kappa shape index (κ1) is 11.2. The van der Waals surface area contributed by atoms with Crippen molar-refractivity contribution in [1.29, 1.82) is 0 Å². The lowest BCUT2D eigenvalue weighted by Crippen LogP contribution is -2.33. The lowest BCUT2D eigenvalue weighted by molar-refractivity contribution is 0.280. The van der Waals surface area contributed by atoms with Gasteiger partial charge >= 0.3 is 0 Å². The van der Waals surface area contributed by atoms with E-state index in [0.29, 0.717) is 5.41 Å². The average molecular weight is 172 g/mol. The summed E-state index contributed by atoms with van der Waals surface area (Å²) in [6.45, 7) is 15.1. The molecule has 0 saturated heterocycles. The first-order valence-electron chi connectivity index (χ1n) is 4.10. The minimum absolute atomic E-state index is 0.284. The lowest BCUT2D eigenvalue weighted by atomic mass is 9.76. The van der Waals surface area contributed by atoms with Crippen LogP contribution in [0.25, 0.3) is 0 Å². The summed E-state index contributed by atoms with van der Waals surface area (Å²) in [5, 5.41) is 0.284. The Labute approximate surface area is 73.7 Å². The van der Waals surface area contributed by atoms with Gasteiger partial charge < -0.3 is 0 Å². The molecule has 66 valence electrons. The molecule has 0 N–H and O–H groups in total. The molecule has 0 radical (unpaired) electrons. The molecular formula is C10H21P. The van der Waals surface area contributed by atoms with Crippen molar-refractivity contribution in [3.63, 3.8) is 0 Å². The molecule has 0 fully saturated rings. The van der Waals surface area contributed by atoms with E-state index in [1.165, 1.54) is 5.57 Å². The second kappa shape index (κ2) is 3.27. The molecule has 0 aromatic carbocycles. The highest BCUT2D eigenvalue weighted by Crippen LogP contribution is 2.42. The van der Waals surface area contributed by atoms with E-state index in [1.54, 1.807) is 0 Å². The largest absolute Gasteiger partial charge is 0.131 e. The van der Waals surface area contributed by atoms with E-state index in [-0.39, 0.29) is 5.16 Å². The number of allylic oxidation sites excluding steroid dienone is 1. The summed E-state index contributed by atoms with van der Waals surface area (Å²) >= 11 is 0. The van der Waals surface area contributed by atoms with Crippen LogP contribution in [0.15, 0.2) is 12.2 Å². The van der Waals surface area contributed by atoms with Gasteiger partial charge in [0.2, 0.25) is 0 Å². The average Bonchev–Trinajstić information content (AvgIpc) is 1.56. The molecule has 0 aliphatic heterocycles. The summed E-state index contributed by atoms with van der Waals surface area (Å²) in [7, 11) is 2.91. The molecule has 0 aromatic rings. The number of rotatable bonds is 3. The minimum Gasteiger partial charge on any atom is -0.131 e. The highest BCUT2D eigenvalue weighted by atomic mass is 31.0. The maximum atomic E-state index is 3.94. The van der Waals surface area contributed by atoms with E-state index in [4.69, 9.17) is 0 Å². The van der Waals surface area contributed by atoms with Crippen LogP contribution in [0.2, 0.25) is 0 Å². The Morgan fingerprint density at radius 1 is 1.27 bits per heavy atom. The zero-order valence-electron chi connectivity index (χ0n) is 8.49. The Balaban J connectivity index is 4.34. The fourth-order valence-electron chi connectivity index (χ4n) is 0.982. The predicted molar refractivity (Wildman–Crippen MR) is 57.0 cm³/mol. The molecular weight excluding hydrogens is 151 g/mol. The van der Waals surface area contributed by atoms with E-state index in [2.05, 4.69) is 50.4 Å². The third kappa shape index (κ3) is 3.38. The molecule has 1 unspecified atom stereocenters. The zero-order valence-corrected chi connectivity index (χ0v) is 9.65. The normalized spacial score (nSPS) is 13.3. The molecule has 0 aromatic heterocycles. The standard InChI is InChI=1S/C10H21P/c1-8(2)7-9(3,4)10(5,6)11/h1,7,11H2,2-6H3. The maximum absolute atomic E-state index is 3.94. The van der Waals surface area contributed by atoms with Crippen LogP contribution in [0.1, 0.15) is 41.0 Å². The number of hydrogen-bond donors (Lipinski definition) is 0. The van der Waals surface area contributed by atoms with Crippen LogP contribution in [-0.2, 0) is 0 Å². The van der Waals surface area contributed by atoms with Gasteiger partial charge in [-0.1, -0.05) is 33.3 Å². The molecule has 1 atom stereocenters. The van der Waals surface area contributed by atoms with Gasteiger partial charge in [0.15, 0.2) is 0 Å². The summed E-state index contributed by atoms with van der Waals surface area (Å²) < 4.78 is 0. The Morgan fingerprint density at radius 3 is 1.73 bits per heavy atom. The predicted octanol–water partition coefficient (Wildman–Crippen LogP) is 3.63. The van der Waals surface area contributed by atoms with Gasteiger partial charge in [0, 0.05) is 0 Å². The van der Waals surface area contributed by atoms with E-state index < -0.39 is 0 Å². The van der Waals surface area contributed by atoms with Crippen LogP contribution in [0.4, 0.5) is 0 Å². The molecule has 0 heterocycles. The molecule has 0 amide bonds. The van der Waals surface area contributed by atoms with Crippen LogP contribution in [0.3, 0.4) is 0 Å². The molecule has 0 rings (SSSR count). The van der Waals surface area contributed by atoms with Gasteiger partial charge in [0.25, 0.3) is 0 Å². The van der Waals surface area contributed by atoms with Gasteiger partial charge in [-0.2, -0.15) is 0 Å². The van der Waals surface area contributed by atoms with Crippen LogP contribution in [0.5, 0.6) is 0 Å². The van der Waals surface area contributed by atoms with Gasteiger partial charge in [-0.3, -0.25) is 0 Å². The van der Waals surface area contributed by atoms with Crippen molar-refractivity contribution in [3.05, 3.63) is 12.2 Å². The van der Waals surface area contributed by atoms with Crippen LogP contribution in [-0.4, -0.2) is 5.16 Å². The third-order valence-electron chi connectivity index (χ3n) is 2.49. The Hall–Kier alpha value is 0.170. The smallest absolute Gasteiger partial charge is 0.0152 e. The lowest BCUT2D eigenvalue weighted by Gasteiger charge is -2.39.